The molecule has 0 radical (unpaired) electrons. The van der Waals surface area contributed by atoms with Gasteiger partial charge >= 0.3 is 12.0 Å². The molecule has 7 nitrogen and oxygen atoms in total. The Morgan fingerprint density at radius 1 is 1.33 bits per heavy atom. The second-order valence-corrected chi connectivity index (χ2v) is 2.79. The maximum absolute atomic E-state index is 11.1. The standard InChI is InChI=1S/C8H15N3O4/c1-3-11(5-7(13)15-2)4-6(12)10-8(9)14/h3-5H2,1-2H3,(H3,9,10,12,14). The number of hydrogen-bond donors (Lipinski definition) is 2. The van der Waals surface area contributed by atoms with Crippen LogP contribution in [0.25, 0.3) is 0 Å². The number of nitrogens with one attached hydrogen (secondary N) is 1. The Hall–Kier alpha value is -1.63. The molecule has 0 unspecified atom stereocenters. The predicted molar refractivity (Wildman–Crippen MR) is 51.9 cm³/mol. The minimum Gasteiger partial charge on any atom is -0.468 e. The molecule has 0 heterocycles. The van der Waals surface area contributed by atoms with Crippen LogP contribution in [0.5, 0.6) is 0 Å². The second kappa shape index (κ2) is 6.77. The molecule has 0 saturated heterocycles. The average Bonchev–Trinajstić information content (AvgIpc) is 2.15. The van der Waals surface area contributed by atoms with E-state index in [4.69, 9.17) is 5.73 Å². The van der Waals surface area contributed by atoms with E-state index in [-0.39, 0.29) is 13.1 Å². The minimum absolute atomic E-state index is 0.000812. The Bertz CT molecular complexity index is 254. The van der Waals surface area contributed by atoms with Gasteiger partial charge in [-0.05, 0) is 6.54 Å². The molecule has 0 spiro atoms. The average molecular weight is 217 g/mol. The smallest absolute Gasteiger partial charge is 0.319 e. The topological polar surface area (TPSA) is 102 Å². The normalized spacial score (nSPS) is 9.80. The summed E-state index contributed by atoms with van der Waals surface area (Å²) in [5.74, 6) is -0.989. The van der Waals surface area contributed by atoms with Crippen molar-refractivity contribution in [2.75, 3.05) is 26.7 Å². The molecule has 0 aliphatic carbocycles. The van der Waals surface area contributed by atoms with Crippen molar-refractivity contribution < 1.29 is 19.1 Å². The van der Waals surface area contributed by atoms with Gasteiger partial charge in [0.2, 0.25) is 5.91 Å². The van der Waals surface area contributed by atoms with E-state index in [1.165, 1.54) is 12.0 Å². The van der Waals surface area contributed by atoms with Crippen molar-refractivity contribution in [1.29, 1.82) is 0 Å². The Kier molecular flexibility index (Phi) is 6.03. The van der Waals surface area contributed by atoms with Crippen LogP contribution in [0.1, 0.15) is 6.92 Å². The lowest BCUT2D eigenvalue weighted by atomic mass is 10.4. The summed E-state index contributed by atoms with van der Waals surface area (Å²) < 4.78 is 4.44. The molecule has 7 heteroatoms. The lowest BCUT2D eigenvalue weighted by molar-refractivity contribution is -0.142. The van der Waals surface area contributed by atoms with Gasteiger partial charge in [-0.1, -0.05) is 6.92 Å². The SMILES string of the molecule is CCN(CC(=O)NC(N)=O)CC(=O)OC. The van der Waals surface area contributed by atoms with E-state index in [1.807, 2.05) is 5.32 Å². The molecule has 3 N–H and O–H groups in total. The van der Waals surface area contributed by atoms with Crippen molar-refractivity contribution in [2.24, 2.45) is 5.73 Å². The van der Waals surface area contributed by atoms with Crippen LogP contribution in [0, 0.1) is 0 Å². The number of methoxy groups -OCH3 is 1. The first-order valence-corrected chi connectivity index (χ1v) is 4.38. The number of amides is 3. The lowest BCUT2D eigenvalue weighted by Gasteiger charge is -2.17. The third-order valence-electron chi connectivity index (χ3n) is 1.66. The third kappa shape index (κ3) is 6.44. The summed E-state index contributed by atoms with van der Waals surface area (Å²) in [4.78, 5) is 33.8. The van der Waals surface area contributed by atoms with Gasteiger partial charge in [-0.3, -0.25) is 19.8 Å². The first kappa shape index (κ1) is 13.4. The zero-order valence-electron chi connectivity index (χ0n) is 8.78. The van der Waals surface area contributed by atoms with Gasteiger partial charge < -0.3 is 10.5 Å². The fourth-order valence-corrected chi connectivity index (χ4v) is 0.907. The summed E-state index contributed by atoms with van der Waals surface area (Å²) >= 11 is 0. The minimum atomic E-state index is -0.908. The highest BCUT2D eigenvalue weighted by atomic mass is 16.5. The largest absolute Gasteiger partial charge is 0.468 e. The molecule has 0 atom stereocenters. The zero-order chi connectivity index (χ0) is 11.8. The number of primary amides is 1. The lowest BCUT2D eigenvalue weighted by Crippen LogP contribution is -2.43. The van der Waals surface area contributed by atoms with Gasteiger partial charge in [0, 0.05) is 0 Å². The number of nitrogens with two attached hydrogens (primary N) is 1. The maximum Gasteiger partial charge on any atom is 0.319 e. The monoisotopic (exact) mass is 217 g/mol. The van der Waals surface area contributed by atoms with Crippen LogP contribution in [0.2, 0.25) is 0 Å². The van der Waals surface area contributed by atoms with Gasteiger partial charge in [-0.15, -0.1) is 0 Å². The van der Waals surface area contributed by atoms with E-state index in [2.05, 4.69) is 4.74 Å². The summed E-state index contributed by atoms with van der Waals surface area (Å²) in [5.41, 5.74) is 4.76. The number of likely N-dealkylation sites (N-methyl/N-ethyl adjacent to an activating group) is 1. The van der Waals surface area contributed by atoms with E-state index >= 15 is 0 Å². The number of ether oxygens (including phenoxy) is 1. The highest BCUT2D eigenvalue weighted by molar-refractivity contribution is 5.94. The summed E-state index contributed by atoms with van der Waals surface area (Å²) in [5, 5.41) is 1.90. The van der Waals surface area contributed by atoms with Gasteiger partial charge in [-0.2, -0.15) is 0 Å². The van der Waals surface area contributed by atoms with E-state index < -0.39 is 17.9 Å². The van der Waals surface area contributed by atoms with Crippen LogP contribution >= 0.6 is 0 Å². The molecule has 0 aliphatic rings. The maximum atomic E-state index is 11.1. The molecule has 86 valence electrons. The molecule has 0 saturated carbocycles. The number of rotatable bonds is 5. The van der Waals surface area contributed by atoms with Crippen molar-refractivity contribution in [1.82, 2.24) is 10.2 Å². The summed E-state index contributed by atoms with van der Waals surface area (Å²) in [6.07, 6.45) is 0. The fraction of sp³-hybridized carbons (Fsp3) is 0.625. The van der Waals surface area contributed by atoms with Gasteiger partial charge in [0.15, 0.2) is 0 Å². The zero-order valence-corrected chi connectivity index (χ0v) is 8.78. The van der Waals surface area contributed by atoms with Crippen molar-refractivity contribution in [3.63, 3.8) is 0 Å². The number of carbonyl (C=O) groups excluding carboxylic acids is 3. The molecule has 0 bridgehead atoms. The van der Waals surface area contributed by atoms with E-state index in [0.717, 1.165) is 0 Å². The van der Waals surface area contributed by atoms with Crippen molar-refractivity contribution in [2.45, 2.75) is 6.92 Å². The quantitative estimate of drug-likeness (QED) is 0.556. The van der Waals surface area contributed by atoms with E-state index in [1.54, 1.807) is 6.92 Å². The van der Waals surface area contributed by atoms with Crippen LogP contribution < -0.4 is 11.1 Å². The molecule has 0 aromatic rings. The van der Waals surface area contributed by atoms with Gasteiger partial charge in [0.1, 0.15) is 0 Å². The van der Waals surface area contributed by atoms with Gasteiger partial charge in [0.25, 0.3) is 0 Å². The van der Waals surface area contributed by atoms with Gasteiger partial charge in [-0.25, -0.2) is 4.79 Å². The van der Waals surface area contributed by atoms with Gasteiger partial charge in [0.05, 0.1) is 20.2 Å². The Balaban J connectivity index is 4.03. The molecule has 0 aromatic carbocycles. The van der Waals surface area contributed by atoms with E-state index in [0.29, 0.717) is 6.54 Å². The van der Waals surface area contributed by atoms with Crippen LogP contribution in [0.15, 0.2) is 0 Å². The van der Waals surface area contributed by atoms with Crippen molar-refractivity contribution in [3.05, 3.63) is 0 Å². The highest BCUT2D eigenvalue weighted by Gasteiger charge is 2.13. The first-order valence-electron chi connectivity index (χ1n) is 4.38. The number of carbonyl (C=O) groups is 3. The number of imide groups is 1. The molecular formula is C8H15N3O4. The summed E-state index contributed by atoms with van der Waals surface area (Å²) in [6, 6.07) is -0.908. The molecule has 0 rings (SSSR count). The van der Waals surface area contributed by atoms with Crippen LogP contribution in [0.3, 0.4) is 0 Å². The first-order chi connectivity index (χ1) is 6.99. The molecule has 3 amide bonds. The van der Waals surface area contributed by atoms with Crippen molar-refractivity contribution >= 4 is 17.9 Å². The van der Waals surface area contributed by atoms with Crippen molar-refractivity contribution in [3.8, 4) is 0 Å². The Labute approximate surface area is 87.5 Å². The van der Waals surface area contributed by atoms with Crippen LogP contribution in [-0.2, 0) is 14.3 Å². The summed E-state index contributed by atoms with van der Waals surface area (Å²) in [7, 11) is 1.26. The molecule has 0 fully saturated rings. The highest BCUT2D eigenvalue weighted by Crippen LogP contribution is 1.88. The Morgan fingerprint density at radius 3 is 2.33 bits per heavy atom. The van der Waals surface area contributed by atoms with Crippen LogP contribution in [-0.4, -0.2) is 49.6 Å². The summed E-state index contributed by atoms with van der Waals surface area (Å²) in [6.45, 7) is 2.19. The fourth-order valence-electron chi connectivity index (χ4n) is 0.907. The molecule has 15 heavy (non-hydrogen) atoms. The Morgan fingerprint density at radius 2 is 1.93 bits per heavy atom. The van der Waals surface area contributed by atoms with Crippen LogP contribution in [0.4, 0.5) is 4.79 Å². The number of urea groups is 1. The number of nitrogens with zero attached hydrogens (tertiary/aromatic N) is 1. The number of esters is 1. The number of hydrogen-bond acceptors (Lipinski definition) is 5. The predicted octanol–water partition coefficient (Wildman–Crippen LogP) is -1.32. The second-order valence-electron chi connectivity index (χ2n) is 2.79. The third-order valence-corrected chi connectivity index (χ3v) is 1.66. The molecule has 0 aromatic heterocycles. The van der Waals surface area contributed by atoms with E-state index in [9.17, 15) is 14.4 Å². The molecular weight excluding hydrogens is 202 g/mol. The molecule has 0 aliphatic heterocycles.